The van der Waals surface area contributed by atoms with Crippen LogP contribution in [0.4, 0.5) is 23.5 Å². The lowest BCUT2D eigenvalue weighted by Crippen LogP contribution is -2.47. The highest BCUT2D eigenvalue weighted by molar-refractivity contribution is 6.33. The molecule has 2 aromatic rings. The zero-order chi connectivity index (χ0) is 26.2. The predicted molar refractivity (Wildman–Crippen MR) is 112 cm³/mol. The Kier molecular flexibility index (Phi) is 7.59. The predicted octanol–water partition coefficient (Wildman–Crippen LogP) is 2.29. The van der Waals surface area contributed by atoms with E-state index >= 15 is 4.39 Å². The molecule has 0 aliphatic carbocycles. The molecule has 0 spiro atoms. The molecule has 16 heteroatoms. The first-order valence-corrected chi connectivity index (χ1v) is 10.8. The summed E-state index contributed by atoms with van der Waals surface area (Å²) in [5.74, 6) is -2.79. The van der Waals surface area contributed by atoms with Crippen molar-refractivity contribution < 1.29 is 41.4 Å². The number of halogens is 5. The number of nitrogens with zero attached hydrogens (tertiary/aromatic N) is 4. The maximum absolute atomic E-state index is 15.4. The Bertz CT molecular complexity index is 1190. The minimum Gasteiger partial charge on any atom is -0.454 e. The van der Waals surface area contributed by atoms with E-state index in [0.29, 0.717) is 24.3 Å². The van der Waals surface area contributed by atoms with Gasteiger partial charge in [0, 0.05) is 20.4 Å². The van der Waals surface area contributed by atoms with Crippen LogP contribution in [0.15, 0.2) is 4.79 Å². The van der Waals surface area contributed by atoms with Gasteiger partial charge in [-0.1, -0.05) is 24.9 Å². The number of alkyl halides is 4. The van der Waals surface area contributed by atoms with Gasteiger partial charge in [-0.3, -0.25) is 14.2 Å². The van der Waals surface area contributed by atoms with E-state index in [9.17, 15) is 27.6 Å². The van der Waals surface area contributed by atoms with Gasteiger partial charge in [0.05, 0.1) is 0 Å². The van der Waals surface area contributed by atoms with Crippen molar-refractivity contribution in [1.82, 2.24) is 19.1 Å². The number of nitrogen functional groups attached to an aromatic ring is 1. The number of imidazole rings is 1. The topological polar surface area (TPSA) is 141 Å². The largest absolute Gasteiger partial charge is 0.454 e. The van der Waals surface area contributed by atoms with Crippen molar-refractivity contribution in [1.29, 1.82) is 0 Å². The summed E-state index contributed by atoms with van der Waals surface area (Å²) in [7, 11) is 0. The number of carbonyl (C=O) groups is 2. The highest BCUT2D eigenvalue weighted by Gasteiger charge is 2.60. The third kappa shape index (κ3) is 5.19. The Hall–Kier alpha value is -2.94. The number of carbonyl (C=O) groups excluding carboxylic acids is 2. The molecule has 3 heterocycles. The van der Waals surface area contributed by atoms with Crippen molar-refractivity contribution in [3.05, 3.63) is 15.6 Å². The standard InChI is InChI=1S/C19H22ClF4N5O6/c1-4-5-6-28-10-14(20)26-17(25)27-15(10)29(18(28)32)16-12(33-7(2)30)9(21)11(35-16)13(19(22,23)24)34-8(3)31/h9,11-13,16H,4-6H2,1-3H3,(H2,25,26,27)/t9-,11-,12+,13+,16+/m0/s1. The van der Waals surface area contributed by atoms with Crippen molar-refractivity contribution in [2.45, 2.75) is 77.0 Å². The summed E-state index contributed by atoms with van der Waals surface area (Å²) >= 11 is 6.17. The number of esters is 2. The lowest BCUT2D eigenvalue weighted by molar-refractivity contribution is -0.252. The molecular formula is C19H22ClF4N5O6. The highest BCUT2D eigenvalue weighted by atomic mass is 35.5. The normalized spacial score (nSPS) is 23.4. The summed E-state index contributed by atoms with van der Waals surface area (Å²) in [4.78, 5) is 44.0. The molecule has 1 saturated heterocycles. The van der Waals surface area contributed by atoms with Gasteiger partial charge >= 0.3 is 23.8 Å². The summed E-state index contributed by atoms with van der Waals surface area (Å²) < 4.78 is 72.7. The zero-order valence-corrected chi connectivity index (χ0v) is 19.5. The Labute approximate surface area is 200 Å². The number of nitrogens with two attached hydrogens (primary N) is 1. The van der Waals surface area contributed by atoms with Crippen LogP contribution in [0.1, 0.15) is 39.8 Å². The van der Waals surface area contributed by atoms with Crippen LogP contribution >= 0.6 is 11.6 Å². The fraction of sp³-hybridized carbons (Fsp3) is 0.632. The smallest absolute Gasteiger partial charge is 0.428 e. The summed E-state index contributed by atoms with van der Waals surface area (Å²) in [5.41, 5.74) is 4.47. The Morgan fingerprint density at radius 2 is 1.91 bits per heavy atom. The van der Waals surface area contributed by atoms with Gasteiger partial charge in [-0.15, -0.1) is 0 Å². The number of hydrogen-bond donors (Lipinski definition) is 1. The Morgan fingerprint density at radius 1 is 1.26 bits per heavy atom. The molecule has 5 atom stereocenters. The number of fused-ring (bicyclic) bond motifs is 1. The first-order chi connectivity index (χ1) is 16.3. The molecule has 0 unspecified atom stereocenters. The fourth-order valence-corrected chi connectivity index (χ4v) is 4.09. The van der Waals surface area contributed by atoms with E-state index in [1.165, 1.54) is 0 Å². The van der Waals surface area contributed by atoms with Gasteiger partial charge in [-0.05, 0) is 6.42 Å². The first kappa shape index (κ1) is 26.7. The molecule has 35 heavy (non-hydrogen) atoms. The molecule has 1 aliphatic heterocycles. The van der Waals surface area contributed by atoms with E-state index in [0.717, 1.165) is 11.5 Å². The first-order valence-electron chi connectivity index (χ1n) is 10.4. The molecule has 2 aromatic heterocycles. The van der Waals surface area contributed by atoms with Gasteiger partial charge in [0.1, 0.15) is 11.6 Å². The summed E-state index contributed by atoms with van der Waals surface area (Å²) in [5, 5.41) is -0.233. The van der Waals surface area contributed by atoms with Gasteiger partial charge < -0.3 is 19.9 Å². The third-order valence-corrected chi connectivity index (χ3v) is 5.45. The minimum atomic E-state index is -5.24. The lowest BCUT2D eigenvalue weighted by atomic mass is 10.1. The fourth-order valence-electron chi connectivity index (χ4n) is 3.82. The lowest BCUT2D eigenvalue weighted by Gasteiger charge is -2.26. The van der Waals surface area contributed by atoms with Crippen LogP contribution in [0.25, 0.3) is 11.2 Å². The Morgan fingerprint density at radius 3 is 2.46 bits per heavy atom. The van der Waals surface area contributed by atoms with Gasteiger partial charge in [0.15, 0.2) is 29.3 Å². The molecule has 194 valence electrons. The number of hydrogen-bond acceptors (Lipinski definition) is 9. The van der Waals surface area contributed by atoms with Crippen LogP contribution in [0.5, 0.6) is 0 Å². The molecule has 2 N–H and O–H groups in total. The number of aromatic nitrogens is 4. The van der Waals surface area contributed by atoms with E-state index in [4.69, 9.17) is 26.8 Å². The van der Waals surface area contributed by atoms with E-state index in [-0.39, 0.29) is 28.8 Å². The van der Waals surface area contributed by atoms with Crippen LogP contribution in [0, 0.1) is 0 Å². The average molecular weight is 528 g/mol. The molecule has 0 saturated carbocycles. The van der Waals surface area contributed by atoms with E-state index in [2.05, 4.69) is 14.7 Å². The SMILES string of the molecule is CCCCn1c(=O)n([C@@H]2O[C@H]([C@@H](OC(C)=O)C(F)(F)F)[C@H](F)[C@H]2OC(C)=O)c2nc(N)nc(Cl)c21. The molecule has 1 aliphatic rings. The number of ether oxygens (including phenoxy) is 3. The van der Waals surface area contributed by atoms with E-state index in [1.807, 2.05) is 6.92 Å². The summed E-state index contributed by atoms with van der Waals surface area (Å²) in [6, 6.07) is 0. The highest BCUT2D eigenvalue weighted by Crippen LogP contribution is 2.41. The number of anilines is 1. The van der Waals surface area contributed by atoms with Crippen LogP contribution in [0.2, 0.25) is 5.15 Å². The maximum Gasteiger partial charge on any atom is 0.428 e. The van der Waals surface area contributed by atoms with Crippen LogP contribution in [-0.4, -0.2) is 61.7 Å². The van der Waals surface area contributed by atoms with Crippen molar-refractivity contribution in [3.8, 4) is 0 Å². The molecular weight excluding hydrogens is 506 g/mol. The zero-order valence-electron chi connectivity index (χ0n) is 18.7. The van der Waals surface area contributed by atoms with Crippen LogP contribution in [0.3, 0.4) is 0 Å². The monoisotopic (exact) mass is 527 g/mol. The van der Waals surface area contributed by atoms with Crippen molar-refractivity contribution in [2.75, 3.05) is 5.73 Å². The quantitative estimate of drug-likeness (QED) is 0.326. The second kappa shape index (κ2) is 9.97. The molecule has 0 aromatic carbocycles. The van der Waals surface area contributed by atoms with E-state index < -0.39 is 54.5 Å². The number of rotatable bonds is 7. The molecule has 11 nitrogen and oxygen atoms in total. The summed E-state index contributed by atoms with van der Waals surface area (Å²) in [6.07, 6.45) is -16.2. The van der Waals surface area contributed by atoms with Gasteiger partial charge in [-0.2, -0.15) is 23.1 Å². The second-order valence-corrected chi connectivity index (χ2v) is 8.14. The van der Waals surface area contributed by atoms with Crippen LogP contribution < -0.4 is 11.4 Å². The maximum atomic E-state index is 15.4. The van der Waals surface area contributed by atoms with Crippen molar-refractivity contribution in [3.63, 3.8) is 0 Å². The average Bonchev–Trinajstić information content (AvgIpc) is 3.17. The number of unbranched alkanes of at least 4 members (excludes halogenated alkanes) is 1. The molecule has 3 rings (SSSR count). The number of aryl methyl sites for hydroxylation is 1. The summed E-state index contributed by atoms with van der Waals surface area (Å²) in [6.45, 7) is 3.56. The van der Waals surface area contributed by atoms with Gasteiger partial charge in [0.2, 0.25) is 12.1 Å². The molecule has 1 fully saturated rings. The molecule has 0 radical (unpaired) electrons. The minimum absolute atomic E-state index is 0.0179. The Balaban J connectivity index is 2.22. The van der Waals surface area contributed by atoms with E-state index in [1.54, 1.807) is 0 Å². The van der Waals surface area contributed by atoms with Crippen molar-refractivity contribution >= 4 is 40.7 Å². The molecule has 0 bridgehead atoms. The van der Waals surface area contributed by atoms with Gasteiger partial charge in [0.25, 0.3) is 0 Å². The van der Waals surface area contributed by atoms with Crippen LogP contribution in [-0.2, 0) is 30.3 Å². The van der Waals surface area contributed by atoms with Gasteiger partial charge in [-0.25, -0.2) is 13.8 Å². The second-order valence-electron chi connectivity index (χ2n) is 7.78. The van der Waals surface area contributed by atoms with Crippen molar-refractivity contribution in [2.24, 2.45) is 0 Å². The molecule has 0 amide bonds. The third-order valence-electron chi connectivity index (χ3n) is 5.19.